The van der Waals surface area contributed by atoms with Gasteiger partial charge in [-0.1, -0.05) is 32.1 Å². The molecule has 2 N–H and O–H groups in total. The number of nitrogens with zero attached hydrogens (tertiary/aromatic N) is 3. The molecule has 0 aromatic carbocycles. The van der Waals surface area contributed by atoms with Crippen molar-refractivity contribution in [1.82, 2.24) is 20.4 Å². The lowest BCUT2D eigenvalue weighted by Crippen LogP contribution is -2.62. The summed E-state index contributed by atoms with van der Waals surface area (Å²) in [6, 6.07) is 1.52. The van der Waals surface area contributed by atoms with Gasteiger partial charge in [0.25, 0.3) is 0 Å². The first-order valence-electron chi connectivity index (χ1n) is 11.1. The molecule has 1 aliphatic carbocycles. The van der Waals surface area contributed by atoms with Crippen molar-refractivity contribution in [2.75, 3.05) is 46.4 Å². The maximum absolute atomic E-state index is 13.2. The third kappa shape index (κ3) is 6.06. The fraction of sp³-hybridized carbons (Fsp3) is 0.857. The molecule has 0 aromatic rings. The third-order valence-corrected chi connectivity index (χ3v) is 6.47. The van der Waals surface area contributed by atoms with Crippen LogP contribution in [0.15, 0.2) is 0 Å². The van der Waals surface area contributed by atoms with Crippen molar-refractivity contribution >= 4 is 11.9 Å². The Morgan fingerprint density at radius 3 is 2.55 bits per heavy atom. The zero-order valence-corrected chi connectivity index (χ0v) is 17.6. The molecule has 8 nitrogen and oxygen atoms in total. The highest BCUT2D eigenvalue weighted by Crippen LogP contribution is 2.28. The molecule has 3 amide bonds. The van der Waals surface area contributed by atoms with E-state index in [1.54, 1.807) is 4.90 Å². The number of amides is 3. The fourth-order valence-corrected chi connectivity index (χ4v) is 4.81. The van der Waals surface area contributed by atoms with Crippen LogP contribution in [0.5, 0.6) is 0 Å². The quantitative estimate of drug-likeness (QED) is 0.722. The van der Waals surface area contributed by atoms with Gasteiger partial charge in [-0.25, -0.2) is 4.79 Å². The molecule has 3 fully saturated rings. The van der Waals surface area contributed by atoms with E-state index < -0.39 is 11.6 Å². The average Bonchev–Trinajstić information content (AvgIpc) is 2.74. The second-order valence-corrected chi connectivity index (χ2v) is 8.87. The molecule has 3 rings (SSSR count). The van der Waals surface area contributed by atoms with Crippen LogP contribution in [-0.4, -0.2) is 79.8 Å². The number of likely N-dealkylation sites (N-methyl/N-ethyl adjacent to an activating group) is 1. The summed E-state index contributed by atoms with van der Waals surface area (Å²) in [6.45, 7) is 3.57. The first kappa shape index (κ1) is 21.8. The van der Waals surface area contributed by atoms with Crippen molar-refractivity contribution in [3.8, 4) is 6.07 Å². The monoisotopic (exact) mass is 405 g/mol. The Balaban J connectivity index is 1.67. The van der Waals surface area contributed by atoms with Crippen LogP contribution in [0.25, 0.3) is 0 Å². The molecule has 2 unspecified atom stereocenters. The summed E-state index contributed by atoms with van der Waals surface area (Å²) in [4.78, 5) is 29.8. The fourth-order valence-electron chi connectivity index (χ4n) is 4.81. The van der Waals surface area contributed by atoms with Crippen LogP contribution in [0.3, 0.4) is 0 Å². The molecule has 2 atom stereocenters. The van der Waals surface area contributed by atoms with E-state index in [2.05, 4.69) is 21.6 Å². The van der Waals surface area contributed by atoms with Crippen molar-refractivity contribution < 1.29 is 14.3 Å². The van der Waals surface area contributed by atoms with Gasteiger partial charge in [-0.3, -0.25) is 4.79 Å². The number of morpholine rings is 1. The SMILES string of the molecule is CN1CCCC(C#N)(NC(=O)C(CC2CCCCC2)NC(=O)N2CCOCC2)C1. The van der Waals surface area contributed by atoms with Gasteiger partial charge >= 0.3 is 6.03 Å². The highest BCUT2D eigenvalue weighted by molar-refractivity contribution is 5.87. The van der Waals surface area contributed by atoms with E-state index in [-0.39, 0.29) is 11.9 Å². The maximum atomic E-state index is 13.2. The Morgan fingerprint density at radius 1 is 1.17 bits per heavy atom. The molecule has 1 saturated carbocycles. The van der Waals surface area contributed by atoms with Crippen LogP contribution >= 0.6 is 0 Å². The van der Waals surface area contributed by atoms with Crippen LogP contribution in [0.2, 0.25) is 0 Å². The van der Waals surface area contributed by atoms with Gasteiger partial charge in [0.05, 0.1) is 19.3 Å². The van der Waals surface area contributed by atoms with Crippen LogP contribution in [0.4, 0.5) is 4.79 Å². The number of urea groups is 1. The zero-order chi connectivity index (χ0) is 20.7. The summed E-state index contributed by atoms with van der Waals surface area (Å²) in [5.74, 6) is 0.214. The molecule has 2 saturated heterocycles. The number of nitriles is 1. The van der Waals surface area contributed by atoms with E-state index in [4.69, 9.17) is 4.74 Å². The number of rotatable bonds is 5. The highest BCUT2D eigenvalue weighted by Gasteiger charge is 2.38. The minimum absolute atomic E-state index is 0.212. The number of carbonyl (C=O) groups is 2. The molecule has 2 heterocycles. The van der Waals surface area contributed by atoms with Crippen LogP contribution < -0.4 is 10.6 Å². The van der Waals surface area contributed by atoms with Crippen LogP contribution in [0.1, 0.15) is 51.4 Å². The van der Waals surface area contributed by atoms with Gasteiger partial charge < -0.3 is 25.2 Å². The predicted octanol–water partition coefficient (Wildman–Crippen LogP) is 1.47. The lowest BCUT2D eigenvalue weighted by Gasteiger charge is -2.38. The van der Waals surface area contributed by atoms with E-state index in [1.165, 1.54) is 19.3 Å². The Hall–Kier alpha value is -1.85. The molecule has 2 aliphatic heterocycles. The number of ether oxygens (including phenoxy) is 1. The minimum Gasteiger partial charge on any atom is -0.378 e. The predicted molar refractivity (Wildman–Crippen MR) is 109 cm³/mol. The van der Waals surface area contributed by atoms with E-state index in [9.17, 15) is 14.9 Å². The van der Waals surface area contributed by atoms with Crippen molar-refractivity contribution in [2.24, 2.45) is 5.92 Å². The molecule has 0 radical (unpaired) electrons. The first-order valence-corrected chi connectivity index (χ1v) is 11.1. The number of hydrogen-bond donors (Lipinski definition) is 2. The molecular formula is C21H35N5O3. The molecule has 0 spiro atoms. The van der Waals surface area contributed by atoms with E-state index in [1.807, 2.05) is 7.05 Å². The van der Waals surface area contributed by atoms with E-state index in [0.29, 0.717) is 51.6 Å². The molecule has 162 valence electrons. The van der Waals surface area contributed by atoms with Crippen LogP contribution in [0, 0.1) is 17.2 Å². The number of carbonyl (C=O) groups excluding carboxylic acids is 2. The zero-order valence-electron chi connectivity index (χ0n) is 17.6. The van der Waals surface area contributed by atoms with E-state index in [0.717, 1.165) is 25.8 Å². The summed E-state index contributed by atoms with van der Waals surface area (Å²) in [5.41, 5.74) is -0.876. The lowest BCUT2D eigenvalue weighted by molar-refractivity contribution is -0.125. The summed E-state index contributed by atoms with van der Waals surface area (Å²) >= 11 is 0. The minimum atomic E-state index is -0.876. The average molecular weight is 406 g/mol. The number of piperidine rings is 1. The van der Waals surface area contributed by atoms with Gasteiger partial charge in [0, 0.05) is 19.6 Å². The standard InChI is InChI=1S/C21H35N5O3/c1-25-9-5-8-21(15-22,16-25)24-19(27)18(14-17-6-3-2-4-7-17)23-20(28)26-10-12-29-13-11-26/h17-18H,2-14,16H2,1H3,(H,23,28)(H,24,27). The Morgan fingerprint density at radius 2 is 1.90 bits per heavy atom. The molecule has 8 heteroatoms. The number of hydrogen-bond acceptors (Lipinski definition) is 5. The van der Waals surface area contributed by atoms with Crippen molar-refractivity contribution in [2.45, 2.75) is 62.9 Å². The van der Waals surface area contributed by atoms with Gasteiger partial charge in [-0.2, -0.15) is 5.26 Å². The Kier molecular flexibility index (Phi) is 7.73. The lowest BCUT2D eigenvalue weighted by atomic mass is 9.84. The summed E-state index contributed by atoms with van der Waals surface area (Å²) < 4.78 is 5.32. The summed E-state index contributed by atoms with van der Waals surface area (Å²) in [7, 11) is 1.97. The Labute approximate surface area is 173 Å². The molecular weight excluding hydrogens is 370 g/mol. The topological polar surface area (TPSA) is 97.7 Å². The largest absolute Gasteiger partial charge is 0.378 e. The van der Waals surface area contributed by atoms with Crippen molar-refractivity contribution in [1.29, 1.82) is 5.26 Å². The van der Waals surface area contributed by atoms with Gasteiger partial charge in [0.2, 0.25) is 5.91 Å². The third-order valence-electron chi connectivity index (χ3n) is 6.47. The summed E-state index contributed by atoms with van der Waals surface area (Å²) in [6.07, 6.45) is 7.97. The number of nitrogens with one attached hydrogen (secondary N) is 2. The summed E-state index contributed by atoms with van der Waals surface area (Å²) in [5, 5.41) is 15.8. The van der Waals surface area contributed by atoms with Gasteiger partial charge in [-0.15, -0.1) is 0 Å². The normalized spacial score (nSPS) is 27.7. The second-order valence-electron chi connectivity index (χ2n) is 8.87. The molecule has 0 bridgehead atoms. The van der Waals surface area contributed by atoms with Gasteiger partial charge in [0.15, 0.2) is 0 Å². The molecule has 3 aliphatic rings. The van der Waals surface area contributed by atoms with Crippen LogP contribution in [-0.2, 0) is 9.53 Å². The number of likely N-dealkylation sites (tertiary alicyclic amines) is 1. The van der Waals surface area contributed by atoms with Crippen molar-refractivity contribution in [3.05, 3.63) is 0 Å². The highest BCUT2D eigenvalue weighted by atomic mass is 16.5. The molecule has 29 heavy (non-hydrogen) atoms. The van der Waals surface area contributed by atoms with Gasteiger partial charge in [0.1, 0.15) is 11.6 Å². The Bertz CT molecular complexity index is 610. The smallest absolute Gasteiger partial charge is 0.318 e. The van der Waals surface area contributed by atoms with Gasteiger partial charge in [-0.05, 0) is 38.8 Å². The maximum Gasteiger partial charge on any atom is 0.318 e. The van der Waals surface area contributed by atoms with Crippen molar-refractivity contribution in [3.63, 3.8) is 0 Å². The van der Waals surface area contributed by atoms with E-state index >= 15 is 0 Å². The molecule has 0 aromatic heterocycles. The second kappa shape index (κ2) is 10.3. The first-order chi connectivity index (χ1) is 14.0.